The third-order valence-electron chi connectivity index (χ3n) is 6.33. The monoisotopic (exact) mass is 483 g/mol. The number of likely N-dealkylation sites (N-methyl/N-ethyl adjacent to an activating group) is 1. The lowest BCUT2D eigenvalue weighted by Gasteiger charge is -2.34. The van der Waals surface area contributed by atoms with Gasteiger partial charge >= 0.3 is 0 Å². The topological polar surface area (TPSA) is 80.0 Å². The Hall–Kier alpha value is -3.85. The number of amides is 1. The highest BCUT2D eigenvalue weighted by molar-refractivity contribution is 7.15. The summed E-state index contributed by atoms with van der Waals surface area (Å²) in [5, 5.41) is 5.32. The number of para-hydroxylation sites is 2. The second-order valence-electron chi connectivity index (χ2n) is 9.12. The summed E-state index contributed by atoms with van der Waals surface area (Å²) < 4.78 is 1.88. The third kappa shape index (κ3) is 3.54. The molecule has 0 saturated carbocycles. The van der Waals surface area contributed by atoms with Gasteiger partial charge in [-0.3, -0.25) is 9.69 Å². The van der Waals surface area contributed by atoms with Gasteiger partial charge in [-0.1, -0.05) is 12.1 Å². The zero-order valence-electron chi connectivity index (χ0n) is 20.1. The molecule has 35 heavy (non-hydrogen) atoms. The number of anilines is 2. The average Bonchev–Trinajstić information content (AvgIpc) is 3.49. The van der Waals surface area contributed by atoms with E-state index in [1.54, 1.807) is 22.4 Å². The molecule has 5 aromatic rings. The van der Waals surface area contributed by atoms with Crippen LogP contribution < -0.4 is 9.80 Å². The van der Waals surface area contributed by atoms with Crippen LogP contribution in [0, 0.1) is 6.92 Å². The van der Waals surface area contributed by atoms with Crippen molar-refractivity contribution in [2.45, 2.75) is 26.8 Å². The number of nitrogens with zero attached hydrogens (tertiary/aromatic N) is 7. The second-order valence-corrected chi connectivity index (χ2v) is 10.4. The van der Waals surface area contributed by atoms with Crippen LogP contribution in [-0.2, 0) is 0 Å². The molecule has 1 aliphatic heterocycles. The van der Waals surface area contributed by atoms with E-state index in [0.29, 0.717) is 35.9 Å². The van der Waals surface area contributed by atoms with E-state index in [9.17, 15) is 4.79 Å². The van der Waals surface area contributed by atoms with E-state index >= 15 is 0 Å². The standard InChI is InChI=1S/C26H25N7OS/c1-15(2)33-23-18(14-27-33)17(13-21(30-23)22-10-9-16(3)35-22)26(34)32-12-11-31(4)24-25(32)29-20-8-6-5-7-19(20)28-24/h5-10,13-15H,11-12H2,1-4H3. The van der Waals surface area contributed by atoms with Crippen LogP contribution in [0.1, 0.15) is 35.1 Å². The van der Waals surface area contributed by atoms with Crippen LogP contribution in [-0.4, -0.2) is 50.8 Å². The van der Waals surface area contributed by atoms with Crippen molar-refractivity contribution < 1.29 is 4.79 Å². The Morgan fingerprint density at radius 1 is 1.00 bits per heavy atom. The Morgan fingerprint density at radius 3 is 2.43 bits per heavy atom. The largest absolute Gasteiger partial charge is 0.355 e. The normalized spacial score (nSPS) is 13.7. The number of hydrogen-bond acceptors (Lipinski definition) is 7. The summed E-state index contributed by atoms with van der Waals surface area (Å²) >= 11 is 1.67. The quantitative estimate of drug-likeness (QED) is 0.356. The van der Waals surface area contributed by atoms with Crippen molar-refractivity contribution in [2.24, 2.45) is 0 Å². The summed E-state index contributed by atoms with van der Waals surface area (Å²) in [6.07, 6.45) is 1.75. The van der Waals surface area contributed by atoms with E-state index in [4.69, 9.17) is 15.0 Å². The van der Waals surface area contributed by atoms with Crippen LogP contribution in [0.3, 0.4) is 0 Å². The zero-order valence-corrected chi connectivity index (χ0v) is 20.9. The molecule has 0 bridgehead atoms. The minimum atomic E-state index is -0.117. The second kappa shape index (κ2) is 8.13. The maximum absolute atomic E-state index is 14.2. The summed E-state index contributed by atoms with van der Waals surface area (Å²) in [6.45, 7) is 7.39. The lowest BCUT2D eigenvalue weighted by atomic mass is 10.1. The molecule has 0 saturated heterocycles. The maximum Gasteiger partial charge on any atom is 0.260 e. The molecule has 1 amide bonds. The van der Waals surface area contributed by atoms with Gasteiger partial charge in [0, 0.05) is 31.1 Å². The van der Waals surface area contributed by atoms with Crippen LogP contribution >= 0.6 is 11.3 Å². The summed E-state index contributed by atoms with van der Waals surface area (Å²) in [7, 11) is 1.98. The molecule has 6 rings (SSSR count). The molecule has 8 nitrogen and oxygen atoms in total. The van der Waals surface area contributed by atoms with Crippen LogP contribution in [0.2, 0.25) is 0 Å². The highest BCUT2D eigenvalue weighted by atomic mass is 32.1. The lowest BCUT2D eigenvalue weighted by molar-refractivity contribution is 0.0987. The molecule has 9 heteroatoms. The molecule has 0 radical (unpaired) electrons. The van der Waals surface area contributed by atoms with Gasteiger partial charge in [0.1, 0.15) is 0 Å². The molecule has 1 aliphatic rings. The van der Waals surface area contributed by atoms with Crippen molar-refractivity contribution in [3.8, 4) is 10.6 Å². The molecule has 0 N–H and O–H groups in total. The van der Waals surface area contributed by atoms with Crippen molar-refractivity contribution in [3.63, 3.8) is 0 Å². The highest BCUT2D eigenvalue weighted by Gasteiger charge is 2.31. The van der Waals surface area contributed by atoms with E-state index in [1.807, 2.05) is 42.1 Å². The maximum atomic E-state index is 14.2. The van der Waals surface area contributed by atoms with E-state index in [-0.39, 0.29) is 11.9 Å². The number of benzene rings is 1. The number of aromatic nitrogens is 5. The first-order chi connectivity index (χ1) is 16.9. The van der Waals surface area contributed by atoms with Crippen molar-refractivity contribution in [1.29, 1.82) is 0 Å². The number of carbonyl (C=O) groups excluding carboxylic acids is 1. The number of pyridine rings is 1. The number of aryl methyl sites for hydroxylation is 1. The van der Waals surface area contributed by atoms with Gasteiger partial charge in [0.25, 0.3) is 5.91 Å². The fraction of sp³-hybridized carbons (Fsp3) is 0.269. The third-order valence-corrected chi connectivity index (χ3v) is 7.36. The molecule has 5 heterocycles. The van der Waals surface area contributed by atoms with Crippen molar-refractivity contribution in [3.05, 3.63) is 59.1 Å². The van der Waals surface area contributed by atoms with Gasteiger partial charge in [-0.25, -0.2) is 19.6 Å². The molecule has 0 aliphatic carbocycles. The van der Waals surface area contributed by atoms with Crippen LogP contribution in [0.4, 0.5) is 11.6 Å². The molecule has 0 unspecified atom stereocenters. The number of rotatable bonds is 3. The van der Waals surface area contributed by atoms with Crippen LogP contribution in [0.25, 0.3) is 32.6 Å². The van der Waals surface area contributed by atoms with Crippen molar-refractivity contribution in [1.82, 2.24) is 24.7 Å². The van der Waals surface area contributed by atoms with Gasteiger partial charge in [0.15, 0.2) is 17.3 Å². The number of fused-ring (bicyclic) bond motifs is 3. The number of thiophene rings is 1. The van der Waals surface area contributed by atoms with Gasteiger partial charge < -0.3 is 4.90 Å². The first-order valence-corrected chi connectivity index (χ1v) is 12.5. The molecular formula is C26H25N7OS. The Kier molecular flexibility index (Phi) is 5.03. The SMILES string of the molecule is Cc1ccc(-c2cc(C(=O)N3CCN(C)c4nc5ccccc5nc43)c3cnn(C(C)C)c3n2)s1. The van der Waals surface area contributed by atoms with E-state index in [0.717, 1.165) is 27.0 Å². The molecule has 0 fully saturated rings. The van der Waals surface area contributed by atoms with E-state index in [1.165, 1.54) is 4.88 Å². The Balaban J connectivity index is 1.54. The average molecular weight is 484 g/mol. The molecule has 1 aromatic carbocycles. The van der Waals surface area contributed by atoms with Gasteiger partial charge in [-0.15, -0.1) is 11.3 Å². The van der Waals surface area contributed by atoms with E-state index < -0.39 is 0 Å². The Morgan fingerprint density at radius 2 is 1.74 bits per heavy atom. The van der Waals surface area contributed by atoms with Crippen LogP contribution in [0.15, 0.2) is 48.7 Å². The summed E-state index contributed by atoms with van der Waals surface area (Å²) in [5.74, 6) is 1.17. The minimum absolute atomic E-state index is 0.116. The predicted molar refractivity (Wildman–Crippen MR) is 140 cm³/mol. The van der Waals surface area contributed by atoms with Crippen molar-refractivity contribution >= 4 is 50.9 Å². The van der Waals surface area contributed by atoms with Gasteiger partial charge in [0.05, 0.1) is 38.8 Å². The van der Waals surface area contributed by atoms with Crippen LogP contribution in [0.5, 0.6) is 0 Å². The molecule has 0 atom stereocenters. The lowest BCUT2D eigenvalue weighted by Crippen LogP contribution is -2.43. The zero-order chi connectivity index (χ0) is 24.3. The molecule has 176 valence electrons. The van der Waals surface area contributed by atoms with Gasteiger partial charge in [-0.2, -0.15) is 5.10 Å². The molecule has 4 aromatic heterocycles. The Labute approximate surface area is 206 Å². The summed E-state index contributed by atoms with van der Waals surface area (Å²) in [5.41, 5.74) is 3.65. The summed E-state index contributed by atoms with van der Waals surface area (Å²) in [4.78, 5) is 34.8. The summed E-state index contributed by atoms with van der Waals surface area (Å²) in [6, 6.07) is 13.9. The predicted octanol–water partition coefficient (Wildman–Crippen LogP) is 5.09. The number of hydrogen-bond donors (Lipinski definition) is 0. The molecular weight excluding hydrogens is 458 g/mol. The first-order valence-electron chi connectivity index (χ1n) is 11.7. The van der Waals surface area contributed by atoms with Gasteiger partial charge in [0.2, 0.25) is 0 Å². The molecule has 0 spiro atoms. The first kappa shape index (κ1) is 21.7. The minimum Gasteiger partial charge on any atom is -0.355 e. The van der Waals surface area contributed by atoms with Gasteiger partial charge in [-0.05, 0) is 51.1 Å². The van der Waals surface area contributed by atoms with Crippen molar-refractivity contribution in [2.75, 3.05) is 29.9 Å². The smallest absolute Gasteiger partial charge is 0.260 e. The fourth-order valence-corrected chi connectivity index (χ4v) is 5.32. The van der Waals surface area contributed by atoms with E-state index in [2.05, 4.69) is 42.9 Å². The Bertz CT molecular complexity index is 1600. The highest BCUT2D eigenvalue weighted by Crippen LogP contribution is 2.35. The fourth-order valence-electron chi connectivity index (χ4n) is 4.49. The number of carbonyl (C=O) groups is 1.